The summed E-state index contributed by atoms with van der Waals surface area (Å²) in [6, 6.07) is 19.5. The standard InChI is InChI=1S/C24H19Cl2N3O3S2/c1-32-16-5-2-4-14(12-16)13-34(31)17-10-8-15(9-11-17)28-24-29-23(27)22(33-24)21(30)20-18(25)6-3-7-19(20)26/h2-12H,13,27H2,1H3,(H,28,29). The molecular weight excluding hydrogens is 513 g/mol. The molecule has 0 saturated carbocycles. The molecule has 0 spiro atoms. The zero-order valence-corrected chi connectivity index (χ0v) is 21.0. The molecule has 4 aromatic rings. The van der Waals surface area contributed by atoms with Crippen molar-refractivity contribution < 1.29 is 13.7 Å². The molecule has 4 rings (SSSR count). The van der Waals surface area contributed by atoms with Crippen LogP contribution in [-0.4, -0.2) is 22.1 Å². The highest BCUT2D eigenvalue weighted by Crippen LogP contribution is 2.34. The Balaban J connectivity index is 1.47. The van der Waals surface area contributed by atoms with Crippen molar-refractivity contribution in [2.45, 2.75) is 10.6 Å². The molecule has 174 valence electrons. The van der Waals surface area contributed by atoms with E-state index in [-0.39, 0.29) is 32.1 Å². The third-order valence-electron chi connectivity index (χ3n) is 4.85. The maximum Gasteiger partial charge on any atom is 0.209 e. The number of thiazole rings is 1. The Morgan fingerprint density at radius 2 is 1.76 bits per heavy atom. The predicted molar refractivity (Wildman–Crippen MR) is 139 cm³/mol. The first-order valence-electron chi connectivity index (χ1n) is 9.99. The lowest BCUT2D eigenvalue weighted by Gasteiger charge is -2.07. The van der Waals surface area contributed by atoms with Crippen LogP contribution in [-0.2, 0) is 16.6 Å². The normalized spacial score (nSPS) is 11.7. The van der Waals surface area contributed by atoms with E-state index in [2.05, 4.69) is 10.3 Å². The van der Waals surface area contributed by atoms with E-state index in [0.29, 0.717) is 21.5 Å². The highest BCUT2D eigenvalue weighted by molar-refractivity contribution is 7.84. The summed E-state index contributed by atoms with van der Waals surface area (Å²) in [5, 5.41) is 4.06. The minimum atomic E-state index is -1.22. The minimum absolute atomic E-state index is 0.0875. The van der Waals surface area contributed by atoms with Gasteiger partial charge in [-0.15, -0.1) is 0 Å². The number of halogens is 2. The molecule has 0 bridgehead atoms. The average Bonchev–Trinajstić information content (AvgIpc) is 3.19. The number of nitrogen functional groups attached to an aromatic ring is 1. The first-order valence-corrected chi connectivity index (χ1v) is 12.9. The van der Waals surface area contributed by atoms with Crippen LogP contribution in [0.15, 0.2) is 71.6 Å². The predicted octanol–water partition coefficient (Wildman–Crippen LogP) is 6.32. The van der Waals surface area contributed by atoms with Crippen LogP contribution in [0.5, 0.6) is 5.75 Å². The van der Waals surface area contributed by atoms with Crippen molar-refractivity contribution in [1.29, 1.82) is 0 Å². The van der Waals surface area contributed by atoms with Gasteiger partial charge in [0.05, 0.1) is 39.3 Å². The summed E-state index contributed by atoms with van der Waals surface area (Å²) in [5.41, 5.74) is 7.82. The van der Waals surface area contributed by atoms with E-state index in [1.165, 1.54) is 0 Å². The third kappa shape index (κ3) is 5.42. The Labute approximate surface area is 213 Å². The van der Waals surface area contributed by atoms with E-state index in [4.69, 9.17) is 33.7 Å². The fourth-order valence-corrected chi connectivity index (χ4v) is 5.70. The number of nitrogens with two attached hydrogens (primary N) is 1. The topological polar surface area (TPSA) is 94.3 Å². The summed E-state index contributed by atoms with van der Waals surface area (Å²) in [4.78, 5) is 18.1. The van der Waals surface area contributed by atoms with Gasteiger partial charge >= 0.3 is 0 Å². The largest absolute Gasteiger partial charge is 0.497 e. The van der Waals surface area contributed by atoms with Gasteiger partial charge in [0, 0.05) is 10.6 Å². The molecule has 1 atom stereocenters. The van der Waals surface area contributed by atoms with Crippen molar-refractivity contribution in [1.82, 2.24) is 4.98 Å². The van der Waals surface area contributed by atoms with Crippen molar-refractivity contribution in [3.63, 3.8) is 0 Å². The Bertz CT molecular complexity index is 1350. The van der Waals surface area contributed by atoms with E-state index >= 15 is 0 Å². The van der Waals surface area contributed by atoms with Crippen LogP contribution >= 0.6 is 34.5 Å². The number of hydrogen-bond acceptors (Lipinski definition) is 7. The van der Waals surface area contributed by atoms with Gasteiger partial charge in [-0.25, -0.2) is 4.98 Å². The summed E-state index contributed by atoms with van der Waals surface area (Å²) >= 11 is 13.4. The molecule has 0 fully saturated rings. The van der Waals surface area contributed by atoms with Gasteiger partial charge in [-0.1, -0.05) is 52.7 Å². The van der Waals surface area contributed by atoms with Gasteiger partial charge in [0.2, 0.25) is 5.78 Å². The van der Waals surface area contributed by atoms with Gasteiger partial charge in [0.15, 0.2) is 5.13 Å². The number of carbonyl (C=O) groups excluding carboxylic acids is 1. The number of ether oxygens (including phenoxy) is 1. The summed E-state index contributed by atoms with van der Waals surface area (Å²) in [6.07, 6.45) is 0. The van der Waals surface area contributed by atoms with Crippen molar-refractivity contribution in [3.05, 3.63) is 92.8 Å². The van der Waals surface area contributed by atoms with Crippen LogP contribution in [0.3, 0.4) is 0 Å². The smallest absolute Gasteiger partial charge is 0.209 e. The van der Waals surface area contributed by atoms with E-state index in [1.807, 2.05) is 24.3 Å². The number of hydrogen-bond donors (Lipinski definition) is 2. The fraction of sp³-hybridized carbons (Fsp3) is 0.0833. The van der Waals surface area contributed by atoms with Crippen LogP contribution in [0, 0.1) is 0 Å². The molecule has 1 aromatic heterocycles. The van der Waals surface area contributed by atoms with E-state index in [0.717, 1.165) is 22.6 Å². The molecule has 1 unspecified atom stereocenters. The van der Waals surface area contributed by atoms with Crippen molar-refractivity contribution in [2.75, 3.05) is 18.2 Å². The number of carbonyl (C=O) groups is 1. The molecule has 3 N–H and O–H groups in total. The number of methoxy groups -OCH3 is 1. The third-order valence-corrected chi connectivity index (χ3v) is 7.86. The molecule has 34 heavy (non-hydrogen) atoms. The van der Waals surface area contributed by atoms with Gasteiger partial charge in [0.1, 0.15) is 16.4 Å². The molecule has 1 heterocycles. The first-order chi connectivity index (χ1) is 16.4. The first kappa shape index (κ1) is 24.2. The van der Waals surface area contributed by atoms with Crippen LogP contribution in [0.4, 0.5) is 16.6 Å². The van der Waals surface area contributed by atoms with Gasteiger partial charge in [0.25, 0.3) is 0 Å². The summed E-state index contributed by atoms with van der Waals surface area (Å²) in [5.74, 6) is 0.807. The quantitative estimate of drug-likeness (QED) is 0.258. The minimum Gasteiger partial charge on any atom is -0.497 e. The van der Waals surface area contributed by atoms with E-state index in [9.17, 15) is 9.00 Å². The Morgan fingerprint density at radius 1 is 1.09 bits per heavy atom. The lowest BCUT2D eigenvalue weighted by atomic mass is 10.1. The highest BCUT2D eigenvalue weighted by atomic mass is 35.5. The summed E-state index contributed by atoms with van der Waals surface area (Å²) in [7, 11) is 0.383. The van der Waals surface area contributed by atoms with Gasteiger partial charge in [-0.2, -0.15) is 0 Å². The van der Waals surface area contributed by atoms with Crippen LogP contribution in [0.2, 0.25) is 10.0 Å². The number of nitrogens with zero attached hydrogens (tertiary/aromatic N) is 1. The second-order valence-corrected chi connectivity index (χ2v) is 10.4. The number of nitrogens with one attached hydrogen (secondary N) is 1. The molecule has 0 radical (unpaired) electrons. The summed E-state index contributed by atoms with van der Waals surface area (Å²) in [6.45, 7) is 0. The molecule has 6 nitrogen and oxygen atoms in total. The van der Waals surface area contributed by atoms with Crippen LogP contribution < -0.4 is 15.8 Å². The van der Waals surface area contributed by atoms with Crippen LogP contribution in [0.1, 0.15) is 20.8 Å². The lowest BCUT2D eigenvalue weighted by molar-refractivity contribution is 0.104. The molecule has 0 aliphatic carbocycles. The monoisotopic (exact) mass is 531 g/mol. The Kier molecular flexibility index (Phi) is 7.53. The van der Waals surface area contributed by atoms with Gasteiger partial charge in [-0.3, -0.25) is 9.00 Å². The zero-order valence-electron chi connectivity index (χ0n) is 17.9. The number of aromatic nitrogens is 1. The number of ketones is 1. The molecule has 0 aliphatic rings. The number of benzene rings is 3. The molecular formula is C24H19Cl2N3O3S2. The highest BCUT2D eigenvalue weighted by Gasteiger charge is 2.22. The zero-order chi connectivity index (χ0) is 24.2. The molecule has 0 aliphatic heterocycles. The van der Waals surface area contributed by atoms with Crippen molar-refractivity contribution in [2.24, 2.45) is 0 Å². The number of anilines is 3. The maximum absolute atomic E-state index is 12.9. The van der Waals surface area contributed by atoms with E-state index < -0.39 is 10.8 Å². The van der Waals surface area contributed by atoms with Crippen LogP contribution in [0.25, 0.3) is 0 Å². The summed E-state index contributed by atoms with van der Waals surface area (Å²) < 4.78 is 18.0. The SMILES string of the molecule is COc1cccc(CS(=O)c2ccc(Nc3nc(N)c(C(=O)c4c(Cl)cccc4Cl)s3)cc2)c1. The lowest BCUT2D eigenvalue weighted by Crippen LogP contribution is -2.04. The Morgan fingerprint density at radius 3 is 2.44 bits per heavy atom. The second kappa shape index (κ2) is 10.6. The molecule has 3 aromatic carbocycles. The molecule has 10 heteroatoms. The molecule has 0 amide bonds. The molecule has 0 saturated heterocycles. The fourth-order valence-electron chi connectivity index (χ4n) is 3.19. The second-order valence-electron chi connectivity index (χ2n) is 7.15. The van der Waals surface area contributed by atoms with Gasteiger partial charge < -0.3 is 15.8 Å². The van der Waals surface area contributed by atoms with E-state index in [1.54, 1.807) is 49.6 Å². The number of rotatable bonds is 8. The Hall–Kier alpha value is -2.91. The van der Waals surface area contributed by atoms with Crippen molar-refractivity contribution in [3.8, 4) is 5.75 Å². The van der Waals surface area contributed by atoms with Gasteiger partial charge in [-0.05, 0) is 54.1 Å². The maximum atomic E-state index is 12.9. The van der Waals surface area contributed by atoms with Crippen molar-refractivity contribution >= 4 is 67.8 Å². The average molecular weight is 532 g/mol.